The number of benzene rings is 1. The molecule has 1 fully saturated rings. The summed E-state index contributed by atoms with van der Waals surface area (Å²) >= 11 is 6.03. The van der Waals surface area contributed by atoms with Crippen molar-refractivity contribution in [2.24, 2.45) is 5.92 Å². The number of likely N-dealkylation sites (tertiary alicyclic amines) is 1. The Balaban J connectivity index is 2.04. The van der Waals surface area contributed by atoms with E-state index in [1.54, 1.807) is 36.2 Å². The van der Waals surface area contributed by atoms with Crippen LogP contribution in [0.25, 0.3) is 0 Å². The quantitative estimate of drug-likeness (QED) is 0.842. The van der Waals surface area contributed by atoms with E-state index >= 15 is 0 Å². The Morgan fingerprint density at radius 2 is 1.96 bits per heavy atom. The Morgan fingerprint density at radius 3 is 2.50 bits per heavy atom. The van der Waals surface area contributed by atoms with Gasteiger partial charge in [0.15, 0.2) is 0 Å². The smallest absolute Gasteiger partial charge is 0.253 e. The van der Waals surface area contributed by atoms with E-state index < -0.39 is 11.9 Å². The maximum Gasteiger partial charge on any atom is 0.253 e. The van der Waals surface area contributed by atoms with E-state index in [0.29, 0.717) is 17.1 Å². The largest absolute Gasteiger partial charge is 0.349 e. The first-order chi connectivity index (χ1) is 11.3. The lowest BCUT2D eigenvalue weighted by Gasteiger charge is -2.24. The molecule has 3 amide bonds. The maximum atomic E-state index is 12.5. The van der Waals surface area contributed by atoms with E-state index in [9.17, 15) is 14.4 Å². The summed E-state index contributed by atoms with van der Waals surface area (Å²) in [6.45, 7) is 4.18. The number of nitrogens with zero attached hydrogens (tertiary/aromatic N) is 1. The van der Waals surface area contributed by atoms with Gasteiger partial charge in [-0.05, 0) is 18.1 Å². The van der Waals surface area contributed by atoms with Gasteiger partial charge in [0.1, 0.15) is 6.04 Å². The molecule has 0 saturated carbocycles. The zero-order valence-electron chi connectivity index (χ0n) is 14.0. The Morgan fingerprint density at radius 1 is 1.29 bits per heavy atom. The van der Waals surface area contributed by atoms with Gasteiger partial charge in [-0.1, -0.05) is 37.6 Å². The highest BCUT2D eigenvalue weighted by molar-refractivity contribution is 6.33. The van der Waals surface area contributed by atoms with Gasteiger partial charge < -0.3 is 15.5 Å². The number of hydrogen-bond donors (Lipinski definition) is 2. The van der Waals surface area contributed by atoms with Gasteiger partial charge in [0.25, 0.3) is 5.91 Å². The molecule has 0 aliphatic carbocycles. The van der Waals surface area contributed by atoms with Crippen molar-refractivity contribution in [3.8, 4) is 0 Å². The van der Waals surface area contributed by atoms with Crippen molar-refractivity contribution in [3.05, 3.63) is 34.9 Å². The van der Waals surface area contributed by atoms with E-state index in [-0.39, 0.29) is 30.2 Å². The fourth-order valence-electron chi connectivity index (χ4n) is 2.65. The van der Waals surface area contributed by atoms with E-state index in [4.69, 9.17) is 11.6 Å². The second-order valence-corrected chi connectivity index (χ2v) is 6.77. The third-order valence-corrected chi connectivity index (χ3v) is 4.37. The van der Waals surface area contributed by atoms with Crippen LogP contribution in [-0.4, -0.2) is 48.3 Å². The molecule has 2 atom stereocenters. The minimum absolute atomic E-state index is 0.00139. The third kappa shape index (κ3) is 4.26. The number of halogens is 1. The fourth-order valence-corrected chi connectivity index (χ4v) is 2.87. The summed E-state index contributed by atoms with van der Waals surface area (Å²) in [4.78, 5) is 38.0. The molecule has 24 heavy (non-hydrogen) atoms. The third-order valence-electron chi connectivity index (χ3n) is 4.04. The minimum atomic E-state index is -0.699. The van der Waals surface area contributed by atoms with Gasteiger partial charge in [0.05, 0.1) is 16.6 Å². The molecule has 0 spiro atoms. The van der Waals surface area contributed by atoms with Crippen LogP contribution >= 0.6 is 11.6 Å². The van der Waals surface area contributed by atoms with Crippen LogP contribution in [0.1, 0.15) is 30.6 Å². The maximum absolute atomic E-state index is 12.5. The molecule has 1 aliphatic heterocycles. The lowest BCUT2D eigenvalue weighted by atomic mass is 10.0. The number of carbonyl (C=O) groups is 3. The van der Waals surface area contributed by atoms with E-state index in [2.05, 4.69) is 10.6 Å². The molecular weight excluding hydrogens is 330 g/mol. The first-order valence-electron chi connectivity index (χ1n) is 7.89. The van der Waals surface area contributed by atoms with Gasteiger partial charge in [-0.25, -0.2) is 0 Å². The number of likely N-dealkylation sites (N-methyl/N-ethyl adjacent to an activating group) is 1. The Labute approximate surface area is 146 Å². The average Bonchev–Trinajstić information content (AvgIpc) is 2.82. The van der Waals surface area contributed by atoms with Gasteiger partial charge in [0, 0.05) is 20.0 Å². The van der Waals surface area contributed by atoms with Crippen LogP contribution in [-0.2, 0) is 9.59 Å². The van der Waals surface area contributed by atoms with E-state index in [1.807, 2.05) is 13.8 Å². The Kier molecular flexibility index (Phi) is 5.83. The highest BCUT2D eigenvalue weighted by Gasteiger charge is 2.32. The highest BCUT2D eigenvalue weighted by Crippen LogP contribution is 2.16. The van der Waals surface area contributed by atoms with Crippen molar-refractivity contribution in [3.63, 3.8) is 0 Å². The van der Waals surface area contributed by atoms with Gasteiger partial charge >= 0.3 is 0 Å². The molecule has 6 nitrogen and oxygen atoms in total. The molecule has 2 rings (SSSR count). The number of hydrogen-bond acceptors (Lipinski definition) is 3. The van der Waals surface area contributed by atoms with Gasteiger partial charge in [0.2, 0.25) is 11.8 Å². The summed E-state index contributed by atoms with van der Waals surface area (Å²) in [5, 5.41) is 5.91. The molecule has 1 heterocycles. The van der Waals surface area contributed by atoms with Crippen LogP contribution in [0.15, 0.2) is 24.3 Å². The van der Waals surface area contributed by atoms with E-state index in [1.165, 1.54) is 0 Å². The lowest BCUT2D eigenvalue weighted by molar-refractivity contribution is -0.126. The highest BCUT2D eigenvalue weighted by atomic mass is 35.5. The molecule has 1 aromatic rings. The first-order valence-corrected chi connectivity index (χ1v) is 8.27. The SMILES string of the molecule is CC(C)[C@H](NC(=O)c1ccccc1Cl)C(=O)N[C@@H]1CC(=O)N(C)C1. The summed E-state index contributed by atoms with van der Waals surface area (Å²) in [5.74, 6) is -0.791. The van der Waals surface area contributed by atoms with Crippen molar-refractivity contribution in [1.82, 2.24) is 15.5 Å². The van der Waals surface area contributed by atoms with Crippen LogP contribution in [0, 0.1) is 5.92 Å². The summed E-state index contributed by atoms with van der Waals surface area (Å²) in [6, 6.07) is 5.76. The summed E-state index contributed by atoms with van der Waals surface area (Å²) in [6.07, 6.45) is 0.283. The number of amides is 3. The summed E-state index contributed by atoms with van der Waals surface area (Å²) < 4.78 is 0. The van der Waals surface area contributed by atoms with Gasteiger partial charge in [-0.3, -0.25) is 14.4 Å². The monoisotopic (exact) mass is 351 g/mol. The van der Waals surface area contributed by atoms with E-state index in [0.717, 1.165) is 0 Å². The summed E-state index contributed by atoms with van der Waals surface area (Å²) in [5.41, 5.74) is 0.327. The van der Waals surface area contributed by atoms with Crippen molar-refractivity contribution in [1.29, 1.82) is 0 Å². The van der Waals surface area contributed by atoms with Gasteiger partial charge in [-0.2, -0.15) is 0 Å². The molecule has 1 aliphatic rings. The lowest BCUT2D eigenvalue weighted by Crippen LogP contribution is -2.52. The van der Waals surface area contributed by atoms with Crippen LogP contribution in [0.3, 0.4) is 0 Å². The predicted molar refractivity (Wildman–Crippen MR) is 91.7 cm³/mol. The zero-order valence-corrected chi connectivity index (χ0v) is 14.8. The molecule has 0 aromatic heterocycles. The standard InChI is InChI=1S/C17H22ClN3O3/c1-10(2)15(17(24)19-11-8-14(22)21(3)9-11)20-16(23)12-6-4-5-7-13(12)18/h4-7,10-11,15H,8-9H2,1-3H3,(H,19,24)(H,20,23)/t11-,15+/m1/s1. The van der Waals surface area contributed by atoms with Crippen molar-refractivity contribution < 1.29 is 14.4 Å². The van der Waals surface area contributed by atoms with Crippen LogP contribution in [0.4, 0.5) is 0 Å². The predicted octanol–water partition coefficient (Wildman–Crippen LogP) is 1.44. The zero-order chi connectivity index (χ0) is 17.9. The number of carbonyl (C=O) groups excluding carboxylic acids is 3. The molecule has 0 unspecified atom stereocenters. The molecule has 1 saturated heterocycles. The molecule has 1 aromatic carbocycles. The molecule has 130 valence electrons. The minimum Gasteiger partial charge on any atom is -0.349 e. The van der Waals surface area contributed by atoms with Crippen molar-refractivity contribution >= 4 is 29.3 Å². The topological polar surface area (TPSA) is 78.5 Å². The molecule has 0 radical (unpaired) electrons. The Hall–Kier alpha value is -2.08. The van der Waals surface area contributed by atoms with Crippen molar-refractivity contribution in [2.75, 3.05) is 13.6 Å². The Bertz CT molecular complexity index is 648. The fraction of sp³-hybridized carbons (Fsp3) is 0.471. The van der Waals surface area contributed by atoms with Gasteiger partial charge in [-0.15, -0.1) is 0 Å². The van der Waals surface area contributed by atoms with Crippen LogP contribution in [0.2, 0.25) is 5.02 Å². The molecule has 0 bridgehead atoms. The molecule has 7 heteroatoms. The van der Waals surface area contributed by atoms with Crippen LogP contribution in [0.5, 0.6) is 0 Å². The molecule has 2 N–H and O–H groups in total. The second-order valence-electron chi connectivity index (χ2n) is 6.36. The average molecular weight is 352 g/mol. The summed E-state index contributed by atoms with van der Waals surface area (Å²) in [7, 11) is 1.70. The number of nitrogens with one attached hydrogen (secondary N) is 2. The second kappa shape index (κ2) is 7.66. The normalized spacial score (nSPS) is 18.6. The first kappa shape index (κ1) is 18.3. The number of rotatable bonds is 5. The van der Waals surface area contributed by atoms with Crippen LogP contribution < -0.4 is 10.6 Å². The van der Waals surface area contributed by atoms with Crippen molar-refractivity contribution in [2.45, 2.75) is 32.4 Å². The molecular formula is C17H22ClN3O3.